The first-order valence-corrected chi connectivity index (χ1v) is 7.59. The standard InChI is InChI=1S/C17H14N4O4/c22-16-10-25-15-2-1-12(17(23)19-24)8-14(15)20(16)9-11-4-6-21-13(7-11)3-5-18-21/h1-8,24H,9-10H2,(H,19,23). The number of carbonyl (C=O) groups is 2. The van der Waals surface area contributed by atoms with Gasteiger partial charge in [0.05, 0.1) is 17.7 Å². The summed E-state index contributed by atoms with van der Waals surface area (Å²) in [6, 6.07) is 10.4. The van der Waals surface area contributed by atoms with E-state index in [2.05, 4.69) is 5.10 Å². The summed E-state index contributed by atoms with van der Waals surface area (Å²) in [7, 11) is 0. The average molecular weight is 338 g/mol. The summed E-state index contributed by atoms with van der Waals surface area (Å²) in [6.07, 6.45) is 3.53. The number of aromatic nitrogens is 2. The van der Waals surface area contributed by atoms with Crippen molar-refractivity contribution in [1.29, 1.82) is 0 Å². The van der Waals surface area contributed by atoms with E-state index in [1.165, 1.54) is 12.1 Å². The number of nitrogens with zero attached hydrogens (tertiary/aromatic N) is 3. The molecule has 2 aromatic heterocycles. The smallest absolute Gasteiger partial charge is 0.274 e. The number of nitrogens with one attached hydrogen (secondary N) is 1. The van der Waals surface area contributed by atoms with Crippen molar-refractivity contribution in [2.45, 2.75) is 6.54 Å². The molecule has 8 heteroatoms. The lowest BCUT2D eigenvalue weighted by Gasteiger charge is -2.29. The number of hydrogen-bond acceptors (Lipinski definition) is 5. The molecule has 0 fully saturated rings. The molecular weight excluding hydrogens is 324 g/mol. The number of fused-ring (bicyclic) bond motifs is 2. The zero-order chi connectivity index (χ0) is 17.4. The van der Waals surface area contributed by atoms with Gasteiger partial charge in [0, 0.05) is 18.0 Å². The molecule has 1 aliphatic rings. The molecule has 1 aliphatic heterocycles. The van der Waals surface area contributed by atoms with Crippen LogP contribution in [0.4, 0.5) is 5.69 Å². The van der Waals surface area contributed by atoms with E-state index in [9.17, 15) is 9.59 Å². The van der Waals surface area contributed by atoms with Crippen molar-refractivity contribution >= 4 is 23.0 Å². The fraction of sp³-hybridized carbons (Fsp3) is 0.118. The van der Waals surface area contributed by atoms with E-state index < -0.39 is 5.91 Å². The van der Waals surface area contributed by atoms with E-state index in [0.29, 0.717) is 18.0 Å². The number of rotatable bonds is 3. The van der Waals surface area contributed by atoms with Crippen molar-refractivity contribution in [2.75, 3.05) is 11.5 Å². The minimum absolute atomic E-state index is 0.0620. The third-order valence-electron chi connectivity index (χ3n) is 4.07. The Morgan fingerprint density at radius 3 is 3.00 bits per heavy atom. The first kappa shape index (κ1) is 15.2. The molecule has 2 N–H and O–H groups in total. The minimum atomic E-state index is -0.651. The Kier molecular flexibility index (Phi) is 3.58. The largest absolute Gasteiger partial charge is 0.482 e. The second-order valence-electron chi connectivity index (χ2n) is 5.63. The van der Waals surface area contributed by atoms with Gasteiger partial charge in [0.15, 0.2) is 6.61 Å². The monoisotopic (exact) mass is 338 g/mol. The van der Waals surface area contributed by atoms with E-state index >= 15 is 0 Å². The Morgan fingerprint density at radius 2 is 2.16 bits per heavy atom. The van der Waals surface area contributed by atoms with Crippen molar-refractivity contribution in [3.8, 4) is 5.75 Å². The van der Waals surface area contributed by atoms with Crippen LogP contribution in [0, 0.1) is 0 Å². The van der Waals surface area contributed by atoms with Gasteiger partial charge in [-0.1, -0.05) is 0 Å². The number of ether oxygens (including phenoxy) is 1. The highest BCUT2D eigenvalue weighted by Crippen LogP contribution is 2.34. The van der Waals surface area contributed by atoms with Gasteiger partial charge in [0.25, 0.3) is 11.8 Å². The Balaban J connectivity index is 1.71. The summed E-state index contributed by atoms with van der Waals surface area (Å²) in [4.78, 5) is 25.6. The van der Waals surface area contributed by atoms with Crippen LogP contribution in [0.25, 0.3) is 5.52 Å². The Morgan fingerprint density at radius 1 is 1.28 bits per heavy atom. The molecule has 4 rings (SSSR count). The van der Waals surface area contributed by atoms with Crippen LogP contribution in [0.1, 0.15) is 15.9 Å². The van der Waals surface area contributed by atoms with E-state index in [1.807, 2.05) is 24.4 Å². The molecule has 3 aromatic rings. The fourth-order valence-electron chi connectivity index (χ4n) is 2.83. The van der Waals surface area contributed by atoms with E-state index in [1.54, 1.807) is 27.2 Å². The summed E-state index contributed by atoms with van der Waals surface area (Å²) in [6.45, 7) is 0.272. The Labute approximate surface area is 142 Å². The van der Waals surface area contributed by atoms with E-state index in [-0.39, 0.29) is 18.1 Å². The van der Waals surface area contributed by atoms with Crippen LogP contribution < -0.4 is 15.1 Å². The van der Waals surface area contributed by atoms with Gasteiger partial charge < -0.3 is 9.64 Å². The second kappa shape index (κ2) is 5.91. The molecule has 1 aromatic carbocycles. The number of anilines is 1. The van der Waals surface area contributed by atoms with Crippen LogP contribution in [0.15, 0.2) is 48.8 Å². The summed E-state index contributed by atoms with van der Waals surface area (Å²) < 4.78 is 7.17. The van der Waals surface area contributed by atoms with Gasteiger partial charge in [0.1, 0.15) is 5.75 Å². The number of benzene rings is 1. The van der Waals surface area contributed by atoms with Crippen molar-refractivity contribution in [2.24, 2.45) is 0 Å². The maximum Gasteiger partial charge on any atom is 0.274 e. The first-order valence-electron chi connectivity index (χ1n) is 7.59. The highest BCUT2D eigenvalue weighted by Gasteiger charge is 2.26. The van der Waals surface area contributed by atoms with Gasteiger partial charge >= 0.3 is 0 Å². The third-order valence-corrected chi connectivity index (χ3v) is 4.07. The zero-order valence-corrected chi connectivity index (χ0v) is 13.0. The lowest BCUT2D eigenvalue weighted by Crippen LogP contribution is -2.38. The Hall–Kier alpha value is -3.39. The number of pyridine rings is 1. The van der Waals surface area contributed by atoms with Crippen LogP contribution in [-0.4, -0.2) is 33.2 Å². The molecule has 126 valence electrons. The maximum atomic E-state index is 12.4. The molecule has 8 nitrogen and oxygen atoms in total. The van der Waals surface area contributed by atoms with Crippen molar-refractivity contribution in [1.82, 2.24) is 15.1 Å². The molecule has 0 saturated carbocycles. The first-order chi connectivity index (χ1) is 12.2. The molecule has 0 spiro atoms. The van der Waals surface area contributed by atoms with Crippen LogP contribution in [0.5, 0.6) is 5.75 Å². The predicted molar refractivity (Wildman–Crippen MR) is 87.6 cm³/mol. The van der Waals surface area contributed by atoms with Crippen molar-refractivity contribution in [3.05, 3.63) is 59.9 Å². The molecule has 0 aliphatic carbocycles. The van der Waals surface area contributed by atoms with Crippen molar-refractivity contribution in [3.63, 3.8) is 0 Å². The van der Waals surface area contributed by atoms with Crippen LogP contribution in [0.2, 0.25) is 0 Å². The number of amides is 2. The summed E-state index contributed by atoms with van der Waals surface area (Å²) in [5, 5.41) is 13.0. The second-order valence-corrected chi connectivity index (χ2v) is 5.63. The predicted octanol–water partition coefficient (Wildman–Crippen LogP) is 1.38. The zero-order valence-electron chi connectivity index (χ0n) is 13.0. The van der Waals surface area contributed by atoms with Gasteiger partial charge in [0.2, 0.25) is 0 Å². The lowest BCUT2D eigenvalue weighted by atomic mass is 10.1. The minimum Gasteiger partial charge on any atom is -0.482 e. The molecule has 0 atom stereocenters. The van der Waals surface area contributed by atoms with Gasteiger partial charge in [-0.2, -0.15) is 5.10 Å². The highest BCUT2D eigenvalue weighted by atomic mass is 16.5. The SMILES string of the molecule is O=C(NO)c1ccc2c(c1)N(Cc1ccn3nccc3c1)C(=O)CO2. The van der Waals surface area contributed by atoms with Crippen LogP contribution in [-0.2, 0) is 11.3 Å². The topological polar surface area (TPSA) is 96.2 Å². The van der Waals surface area contributed by atoms with Crippen molar-refractivity contribution < 1.29 is 19.5 Å². The molecule has 0 bridgehead atoms. The highest BCUT2D eigenvalue weighted by molar-refractivity contribution is 6.01. The average Bonchev–Trinajstić information content (AvgIpc) is 3.11. The summed E-state index contributed by atoms with van der Waals surface area (Å²) >= 11 is 0. The van der Waals surface area contributed by atoms with Gasteiger partial charge in [-0.25, -0.2) is 10.00 Å². The lowest BCUT2D eigenvalue weighted by molar-refractivity contribution is -0.121. The Bertz CT molecular complexity index is 982. The number of hydroxylamine groups is 1. The summed E-state index contributed by atoms with van der Waals surface area (Å²) in [5.41, 5.74) is 4.16. The van der Waals surface area contributed by atoms with Gasteiger partial charge in [-0.3, -0.25) is 14.8 Å². The molecular formula is C17H14N4O4. The molecule has 25 heavy (non-hydrogen) atoms. The fourth-order valence-corrected chi connectivity index (χ4v) is 2.83. The molecule has 2 amide bonds. The van der Waals surface area contributed by atoms with Crippen LogP contribution in [0.3, 0.4) is 0 Å². The quantitative estimate of drug-likeness (QED) is 0.555. The van der Waals surface area contributed by atoms with E-state index in [4.69, 9.17) is 9.94 Å². The third kappa shape index (κ3) is 2.68. The van der Waals surface area contributed by atoms with Gasteiger partial charge in [-0.05, 0) is 42.0 Å². The normalized spacial score (nSPS) is 13.5. The molecule has 0 radical (unpaired) electrons. The maximum absolute atomic E-state index is 12.4. The molecule has 0 unspecified atom stereocenters. The summed E-state index contributed by atoms with van der Waals surface area (Å²) in [5.74, 6) is -0.344. The van der Waals surface area contributed by atoms with Crippen LogP contribution >= 0.6 is 0 Å². The van der Waals surface area contributed by atoms with Gasteiger partial charge in [-0.15, -0.1) is 0 Å². The van der Waals surface area contributed by atoms with E-state index in [0.717, 1.165) is 11.1 Å². The molecule has 3 heterocycles. The number of carbonyl (C=O) groups excluding carboxylic acids is 2. The molecule has 0 saturated heterocycles. The number of hydrogen-bond donors (Lipinski definition) is 2.